The quantitative estimate of drug-likeness (QED) is 0.415. The van der Waals surface area contributed by atoms with Crippen LogP contribution in [0.15, 0.2) is 90.8 Å². The molecule has 5 heteroatoms. The molecule has 0 aliphatic carbocycles. The third-order valence-corrected chi connectivity index (χ3v) is 5.38. The van der Waals surface area contributed by atoms with Crippen LogP contribution in [0, 0.1) is 6.92 Å². The molecule has 0 aliphatic heterocycles. The number of aromatic nitrogens is 3. The van der Waals surface area contributed by atoms with Gasteiger partial charge in [0.1, 0.15) is 0 Å². The van der Waals surface area contributed by atoms with E-state index in [1.807, 2.05) is 69.6 Å². The number of rotatable bonds is 6. The van der Waals surface area contributed by atoms with Gasteiger partial charge in [-0.25, -0.2) is 0 Å². The summed E-state index contributed by atoms with van der Waals surface area (Å²) >= 11 is 0. The van der Waals surface area contributed by atoms with E-state index in [-0.39, 0.29) is 5.43 Å². The predicted octanol–water partition coefficient (Wildman–Crippen LogP) is 5.30. The van der Waals surface area contributed by atoms with E-state index < -0.39 is 0 Å². The van der Waals surface area contributed by atoms with E-state index in [2.05, 4.69) is 40.7 Å². The van der Waals surface area contributed by atoms with Crippen LogP contribution >= 0.6 is 0 Å². The van der Waals surface area contributed by atoms with Crippen molar-refractivity contribution < 1.29 is 0 Å². The number of fused-ring (bicyclic) bond motifs is 1. The monoisotopic (exact) mass is 438 g/mol. The van der Waals surface area contributed by atoms with Gasteiger partial charge in [-0.1, -0.05) is 36.4 Å². The first-order chi connectivity index (χ1) is 16.0. The second-order valence-corrected chi connectivity index (χ2v) is 7.81. The lowest BCUT2D eigenvalue weighted by atomic mass is 10.1. The number of aryl methyl sites for hydroxylation is 2. The molecule has 0 saturated carbocycles. The van der Waals surface area contributed by atoms with E-state index in [4.69, 9.17) is 0 Å². The summed E-state index contributed by atoms with van der Waals surface area (Å²) < 4.78 is 1.74. The summed E-state index contributed by atoms with van der Waals surface area (Å²) in [6.45, 7) is 10.8. The van der Waals surface area contributed by atoms with Gasteiger partial charge >= 0.3 is 0 Å². The minimum atomic E-state index is -0.0139. The molecule has 2 heterocycles. The van der Waals surface area contributed by atoms with Crippen molar-refractivity contribution in [1.82, 2.24) is 20.1 Å². The first-order valence-electron chi connectivity index (χ1n) is 10.9. The van der Waals surface area contributed by atoms with Crippen molar-refractivity contribution >= 4 is 17.0 Å². The maximum Gasteiger partial charge on any atom is 0.195 e. The van der Waals surface area contributed by atoms with Crippen molar-refractivity contribution in [2.75, 3.05) is 6.54 Å². The summed E-state index contributed by atoms with van der Waals surface area (Å²) in [5.74, 6) is 0. The first-order valence-corrected chi connectivity index (χ1v) is 10.9. The van der Waals surface area contributed by atoms with E-state index >= 15 is 0 Å². The Kier molecular flexibility index (Phi) is 7.92. The zero-order valence-corrected chi connectivity index (χ0v) is 19.5. The molecule has 0 bridgehead atoms. The molecule has 4 rings (SSSR count). The Bertz CT molecular complexity index is 1320. The summed E-state index contributed by atoms with van der Waals surface area (Å²) in [5, 5.41) is 8.26. The van der Waals surface area contributed by atoms with Crippen molar-refractivity contribution in [3.8, 4) is 11.1 Å². The highest BCUT2D eigenvalue weighted by Gasteiger charge is 2.09. The molecule has 0 atom stereocenters. The number of allylic oxidation sites excluding steroid dienone is 1. The Morgan fingerprint density at radius 2 is 1.85 bits per heavy atom. The van der Waals surface area contributed by atoms with Crippen LogP contribution in [0.25, 0.3) is 28.1 Å². The maximum atomic E-state index is 13.4. The molecular formula is C28H30N4O. The molecule has 5 nitrogen and oxygen atoms in total. The molecule has 2 aromatic carbocycles. The average Bonchev–Trinajstić information content (AvgIpc) is 3.24. The Hall–Kier alpha value is -3.99. The summed E-state index contributed by atoms with van der Waals surface area (Å²) in [4.78, 5) is 18.0. The van der Waals surface area contributed by atoms with Gasteiger partial charge < -0.3 is 5.32 Å². The SMILES string of the molecule is C/C(=C\c1c(C)ccc2ncc(-c3cnn(C)c3)cc2c1=O)NCCc1ccccc1.C=C. The van der Waals surface area contributed by atoms with Crippen LogP contribution in [0.3, 0.4) is 0 Å². The van der Waals surface area contributed by atoms with E-state index in [0.29, 0.717) is 16.5 Å². The fraction of sp³-hybridized carbons (Fsp3) is 0.179. The molecule has 0 aliphatic rings. The van der Waals surface area contributed by atoms with Gasteiger partial charge in [-0.15, -0.1) is 13.2 Å². The van der Waals surface area contributed by atoms with E-state index in [1.165, 1.54) is 5.56 Å². The Morgan fingerprint density at radius 3 is 2.55 bits per heavy atom. The van der Waals surface area contributed by atoms with Crippen molar-refractivity contribution in [1.29, 1.82) is 0 Å². The number of nitrogens with one attached hydrogen (secondary N) is 1. The van der Waals surface area contributed by atoms with Crippen LogP contribution in [0.1, 0.15) is 23.6 Å². The lowest BCUT2D eigenvalue weighted by molar-refractivity contribution is 0.768. The summed E-state index contributed by atoms with van der Waals surface area (Å²) in [7, 11) is 1.87. The van der Waals surface area contributed by atoms with E-state index in [1.54, 1.807) is 17.1 Å². The molecule has 2 aromatic heterocycles. The Labute approximate surface area is 195 Å². The standard InChI is InChI=1S/C26H26N4O.C2H4/c1-18-9-10-25-24(14-21(15-28-25)22-16-29-30(3)17-22)26(31)23(18)13-19(2)27-12-11-20-7-5-4-6-8-20;1-2/h4-10,13-17,27H,11-12H2,1-3H3;1-2H2/b19-13+;. The highest BCUT2D eigenvalue weighted by Crippen LogP contribution is 2.21. The van der Waals surface area contributed by atoms with Crippen LogP contribution in [-0.2, 0) is 13.5 Å². The van der Waals surface area contributed by atoms with Crippen molar-refractivity contribution in [2.45, 2.75) is 20.3 Å². The molecule has 0 fully saturated rings. The zero-order valence-electron chi connectivity index (χ0n) is 19.5. The molecule has 0 radical (unpaired) electrons. The minimum Gasteiger partial charge on any atom is -0.388 e. The molecule has 4 aromatic rings. The fourth-order valence-electron chi connectivity index (χ4n) is 3.63. The Balaban J connectivity index is 0.00000149. The number of hydrogen-bond acceptors (Lipinski definition) is 4. The first kappa shape index (κ1) is 23.7. The van der Waals surface area contributed by atoms with Crippen molar-refractivity contribution in [3.05, 3.63) is 113 Å². The normalized spacial score (nSPS) is 11.1. The highest BCUT2D eigenvalue weighted by molar-refractivity contribution is 5.84. The van der Waals surface area contributed by atoms with Crippen molar-refractivity contribution in [3.63, 3.8) is 0 Å². The average molecular weight is 439 g/mol. The topological polar surface area (TPSA) is 59.8 Å². The van der Waals surface area contributed by atoms with Gasteiger partial charge in [0.2, 0.25) is 0 Å². The van der Waals surface area contributed by atoms with Gasteiger partial charge in [-0.05, 0) is 49.6 Å². The summed E-state index contributed by atoms with van der Waals surface area (Å²) in [6.07, 6.45) is 8.37. The van der Waals surface area contributed by atoms with E-state index in [9.17, 15) is 4.79 Å². The third kappa shape index (κ3) is 5.83. The highest BCUT2D eigenvalue weighted by atomic mass is 16.1. The maximum absolute atomic E-state index is 13.4. The van der Waals surface area contributed by atoms with Gasteiger partial charge in [0.15, 0.2) is 5.43 Å². The minimum absolute atomic E-state index is 0.0139. The molecule has 0 unspecified atom stereocenters. The number of pyridine rings is 1. The smallest absolute Gasteiger partial charge is 0.195 e. The van der Waals surface area contributed by atoms with E-state index in [0.717, 1.165) is 35.4 Å². The second-order valence-electron chi connectivity index (χ2n) is 7.81. The summed E-state index contributed by atoms with van der Waals surface area (Å²) in [6, 6.07) is 16.2. The van der Waals surface area contributed by atoms with Gasteiger partial charge in [0, 0.05) is 53.8 Å². The van der Waals surface area contributed by atoms with Crippen LogP contribution in [0.5, 0.6) is 0 Å². The molecule has 33 heavy (non-hydrogen) atoms. The molecule has 0 amide bonds. The van der Waals surface area contributed by atoms with Crippen LogP contribution in [0.4, 0.5) is 0 Å². The summed E-state index contributed by atoms with van der Waals surface area (Å²) in [5.41, 5.74) is 6.36. The Morgan fingerprint density at radius 1 is 1.09 bits per heavy atom. The van der Waals surface area contributed by atoms with Gasteiger partial charge in [0.05, 0.1) is 11.7 Å². The molecule has 1 N–H and O–H groups in total. The fourth-order valence-corrected chi connectivity index (χ4v) is 3.63. The van der Waals surface area contributed by atoms with Gasteiger partial charge in [-0.2, -0.15) is 5.10 Å². The lowest BCUT2D eigenvalue weighted by Gasteiger charge is -2.07. The number of benzene rings is 1. The molecule has 0 saturated heterocycles. The molecule has 168 valence electrons. The lowest BCUT2D eigenvalue weighted by Crippen LogP contribution is -2.15. The number of hydrogen-bond donors (Lipinski definition) is 1. The van der Waals surface area contributed by atoms with Crippen LogP contribution in [0.2, 0.25) is 0 Å². The van der Waals surface area contributed by atoms with Crippen molar-refractivity contribution in [2.24, 2.45) is 7.05 Å². The van der Waals surface area contributed by atoms with Gasteiger partial charge in [0.25, 0.3) is 0 Å². The third-order valence-electron chi connectivity index (χ3n) is 5.38. The zero-order chi connectivity index (χ0) is 23.8. The second kappa shape index (κ2) is 11.0. The van der Waals surface area contributed by atoms with Gasteiger partial charge in [-0.3, -0.25) is 14.5 Å². The molecular weight excluding hydrogens is 408 g/mol. The predicted molar refractivity (Wildman–Crippen MR) is 138 cm³/mol. The number of nitrogens with zero attached hydrogens (tertiary/aromatic N) is 3. The van der Waals surface area contributed by atoms with Crippen LogP contribution in [-0.4, -0.2) is 21.3 Å². The largest absolute Gasteiger partial charge is 0.388 e. The van der Waals surface area contributed by atoms with Crippen LogP contribution < -0.4 is 10.7 Å². The molecule has 0 spiro atoms.